The molecule has 22 rings (SSSR count). The first-order chi connectivity index (χ1) is 64.0. The van der Waals surface area contributed by atoms with Gasteiger partial charge in [0.2, 0.25) is 0 Å². The Bertz CT molecular complexity index is 6990. The smallest absolute Gasteiger partial charge is 0.0701 e. The number of aromatic nitrogens is 1. The van der Waals surface area contributed by atoms with E-state index in [1.54, 1.807) is 0 Å². The van der Waals surface area contributed by atoms with Crippen LogP contribution in [0.1, 0.15) is 44.5 Å². The summed E-state index contributed by atoms with van der Waals surface area (Å²) < 4.78 is 2.44. The number of rotatable bonds is 23. The molecule has 0 fully saturated rings. The number of nitrogens with zero attached hydrogens (tertiary/aromatic N) is 5. The van der Waals surface area contributed by atoms with Crippen LogP contribution in [0.15, 0.2) is 540 Å². The van der Waals surface area contributed by atoms with Crippen LogP contribution in [0.4, 0.5) is 68.2 Å². The number of anilines is 12. The Morgan fingerprint density at radius 2 is 0.364 bits per heavy atom. The summed E-state index contributed by atoms with van der Waals surface area (Å²) >= 11 is 0. The van der Waals surface area contributed by atoms with E-state index in [2.05, 4.69) is 564 Å². The minimum absolute atomic E-state index is 0.577. The molecule has 0 atom stereocenters. The van der Waals surface area contributed by atoms with Crippen molar-refractivity contribution in [3.05, 3.63) is 584 Å². The molecule has 0 unspecified atom stereocenters. The van der Waals surface area contributed by atoms with Crippen molar-refractivity contribution in [2.24, 2.45) is 0 Å². The number of benzene rings is 21. The third-order valence-electron chi connectivity index (χ3n) is 25.8. The lowest BCUT2D eigenvalue weighted by molar-refractivity contribution is 0.745. The molecule has 0 spiro atoms. The lowest BCUT2D eigenvalue weighted by Gasteiger charge is -2.37. The third-order valence-corrected chi connectivity index (χ3v) is 25.8. The van der Waals surface area contributed by atoms with Gasteiger partial charge in [0.15, 0.2) is 0 Å². The normalized spacial score (nSPS) is 11.6. The highest BCUT2D eigenvalue weighted by molar-refractivity contribution is 6.12. The van der Waals surface area contributed by atoms with Gasteiger partial charge in [0, 0.05) is 84.1 Å². The second-order valence-corrected chi connectivity index (χ2v) is 33.1. The summed E-state index contributed by atoms with van der Waals surface area (Å²) in [5, 5.41) is 7.04. The van der Waals surface area contributed by atoms with Crippen molar-refractivity contribution < 1.29 is 0 Å². The molecule has 5 heteroatoms. The fraction of sp³-hybridized carbons (Fsp3) is 0.0161. The maximum absolute atomic E-state index is 2.44. The predicted molar refractivity (Wildman–Crippen MR) is 542 cm³/mol. The summed E-state index contributed by atoms with van der Waals surface area (Å²) in [7, 11) is 0. The van der Waals surface area contributed by atoms with E-state index >= 15 is 0 Å². The Kier molecular flexibility index (Phi) is 20.8. The van der Waals surface area contributed by atoms with Crippen LogP contribution in [0.5, 0.6) is 0 Å². The molecule has 21 aromatic carbocycles. The molecule has 5 nitrogen and oxygen atoms in total. The average Bonchev–Trinajstić information content (AvgIpc) is 1.65. The van der Waals surface area contributed by atoms with Gasteiger partial charge in [-0.05, 0) is 223 Å². The lowest BCUT2D eigenvalue weighted by Crippen LogP contribution is -2.31. The summed E-state index contributed by atoms with van der Waals surface area (Å²) in [5.41, 5.74) is 29.0. The van der Waals surface area contributed by atoms with Gasteiger partial charge in [0.1, 0.15) is 0 Å². The van der Waals surface area contributed by atoms with Crippen LogP contribution in [0.25, 0.3) is 71.3 Å². The SMILES string of the molecule is c1ccc(N(c2ccc(-c3ccc(N(c4ccc(C(c5ccccc5)(c5ccccc5)c5ccccc5)cc4)c4cccc5ccccc45)cc3)cc2)c2ccc3c4ccc(N(c5ccccc5)c5ccc(-c6ccc(N(c7ccc(C(c8ccccc8)(c8ccccc8)c8ccccc8)cc7)c7cccc8ccccc78)cc6)cc5)cc4n(-c4ccccc4)c3c2)cc1. The van der Waals surface area contributed by atoms with E-state index in [0.717, 1.165) is 118 Å². The van der Waals surface area contributed by atoms with Crippen LogP contribution in [0, 0.1) is 0 Å². The van der Waals surface area contributed by atoms with Gasteiger partial charge < -0.3 is 24.2 Å². The molecule has 0 saturated heterocycles. The van der Waals surface area contributed by atoms with Gasteiger partial charge in [-0.25, -0.2) is 0 Å². The highest BCUT2D eigenvalue weighted by Crippen LogP contribution is 2.52. The van der Waals surface area contributed by atoms with Crippen LogP contribution >= 0.6 is 0 Å². The topological polar surface area (TPSA) is 17.9 Å². The van der Waals surface area contributed by atoms with Crippen molar-refractivity contribution in [2.45, 2.75) is 10.8 Å². The van der Waals surface area contributed by atoms with Crippen LogP contribution in [-0.2, 0) is 10.8 Å². The summed E-state index contributed by atoms with van der Waals surface area (Å²) in [5.74, 6) is 0. The van der Waals surface area contributed by atoms with Gasteiger partial charge >= 0.3 is 0 Å². The van der Waals surface area contributed by atoms with Crippen LogP contribution in [0.2, 0.25) is 0 Å². The van der Waals surface area contributed by atoms with Gasteiger partial charge in [0.25, 0.3) is 0 Å². The first-order valence-electron chi connectivity index (χ1n) is 44.3. The molecule has 0 saturated carbocycles. The minimum Gasteiger partial charge on any atom is -0.310 e. The van der Waals surface area contributed by atoms with Crippen molar-refractivity contribution in [2.75, 3.05) is 19.6 Å². The molecule has 1 heterocycles. The molecule has 22 aromatic rings. The molecule has 129 heavy (non-hydrogen) atoms. The molecular weight excluding hydrogens is 1560 g/mol. The molecular formula is C124H89N5. The van der Waals surface area contributed by atoms with Gasteiger partial charge in [-0.3, -0.25) is 0 Å². The van der Waals surface area contributed by atoms with Gasteiger partial charge in [-0.15, -0.1) is 0 Å². The van der Waals surface area contributed by atoms with Crippen LogP contribution in [0.3, 0.4) is 0 Å². The van der Waals surface area contributed by atoms with E-state index in [1.165, 1.54) is 66.1 Å². The van der Waals surface area contributed by atoms with Gasteiger partial charge in [-0.1, -0.05) is 394 Å². The molecule has 0 aliphatic rings. The Morgan fingerprint density at radius 1 is 0.147 bits per heavy atom. The summed E-state index contributed by atoms with van der Waals surface area (Å²) in [6.07, 6.45) is 0. The molecule has 0 aliphatic carbocycles. The van der Waals surface area contributed by atoms with E-state index in [-0.39, 0.29) is 0 Å². The predicted octanol–water partition coefficient (Wildman–Crippen LogP) is 33.1. The number of fused-ring (bicyclic) bond motifs is 5. The van der Waals surface area contributed by atoms with E-state index in [0.29, 0.717) is 0 Å². The Morgan fingerprint density at radius 3 is 0.659 bits per heavy atom. The zero-order valence-corrected chi connectivity index (χ0v) is 71.1. The number of para-hydroxylation sites is 3. The zero-order chi connectivity index (χ0) is 85.9. The number of hydrogen-bond donors (Lipinski definition) is 0. The van der Waals surface area contributed by atoms with Crippen molar-refractivity contribution >= 4 is 112 Å². The third kappa shape index (κ3) is 14.4. The highest BCUT2D eigenvalue weighted by atomic mass is 15.2. The first-order valence-corrected chi connectivity index (χ1v) is 44.3. The van der Waals surface area contributed by atoms with Crippen molar-refractivity contribution in [1.29, 1.82) is 0 Å². The standard InChI is InChI=1S/C124H89N5/c1-10-38-96(39-11-1)123(97-40-12-2-13-41-97,98-42-14-3-15-43-98)102-68-80-111(81-69-102)127(119-58-32-36-94-34-28-30-56-115(94)119)109-76-64-92(65-77-109)90-60-72-107(73-61-90)125(104-50-22-7-23-51-104)113-84-86-117-118-87-85-114(89-122(118)129(121(117)88-113)106-54-26-9-27-55-106)126(105-52-24-8-25-53-105)108-74-62-91(63-75-108)93-66-78-110(79-67-93)128(120-59-33-37-95-35-29-31-57-116(95)120)112-82-70-103(71-83-112)124(99-44-16-4-17-45-99,100-46-18-5-19-47-100)101-48-20-6-21-49-101/h1-89H. The van der Waals surface area contributed by atoms with Gasteiger partial charge in [-0.2, -0.15) is 0 Å². The highest BCUT2D eigenvalue weighted by Gasteiger charge is 2.40. The van der Waals surface area contributed by atoms with E-state index in [9.17, 15) is 0 Å². The lowest BCUT2D eigenvalue weighted by atomic mass is 9.65. The maximum atomic E-state index is 2.44. The second-order valence-electron chi connectivity index (χ2n) is 33.1. The quantitative estimate of drug-likeness (QED) is 0.0594. The summed E-state index contributed by atoms with van der Waals surface area (Å²) in [6, 6.07) is 197. The fourth-order valence-corrected chi connectivity index (χ4v) is 19.9. The summed E-state index contributed by atoms with van der Waals surface area (Å²) in [4.78, 5) is 9.59. The fourth-order valence-electron chi connectivity index (χ4n) is 19.9. The molecule has 0 bridgehead atoms. The first kappa shape index (κ1) is 78.1. The minimum atomic E-state index is -0.577. The average molecular weight is 1650 g/mol. The second kappa shape index (κ2) is 34.3. The molecule has 0 aliphatic heterocycles. The van der Waals surface area contributed by atoms with Crippen LogP contribution < -0.4 is 19.6 Å². The summed E-state index contributed by atoms with van der Waals surface area (Å²) in [6.45, 7) is 0. The Hall–Kier alpha value is -16.9. The molecule has 0 radical (unpaired) electrons. The van der Waals surface area contributed by atoms with Crippen molar-refractivity contribution in [3.63, 3.8) is 0 Å². The van der Waals surface area contributed by atoms with Crippen molar-refractivity contribution in [1.82, 2.24) is 4.57 Å². The van der Waals surface area contributed by atoms with Gasteiger partial charge in [0.05, 0.1) is 33.2 Å². The largest absolute Gasteiger partial charge is 0.310 e. The number of hydrogen-bond acceptors (Lipinski definition) is 4. The molecule has 1 aromatic heterocycles. The Balaban J connectivity index is 0.580. The zero-order valence-electron chi connectivity index (χ0n) is 71.1. The van der Waals surface area contributed by atoms with Crippen LogP contribution in [-0.4, -0.2) is 4.57 Å². The molecule has 0 amide bonds. The maximum Gasteiger partial charge on any atom is 0.0701 e. The van der Waals surface area contributed by atoms with E-state index in [4.69, 9.17) is 0 Å². The Labute approximate surface area is 753 Å². The van der Waals surface area contributed by atoms with E-state index < -0.39 is 10.8 Å². The molecule has 0 N–H and O–H groups in total. The van der Waals surface area contributed by atoms with Crippen molar-refractivity contribution in [3.8, 4) is 27.9 Å². The van der Waals surface area contributed by atoms with E-state index in [1.807, 2.05) is 0 Å². The molecule has 610 valence electrons. The monoisotopic (exact) mass is 1650 g/mol.